The Hall–Kier alpha value is 0.310. The number of hydrogen-bond donors (Lipinski definition) is 1. The predicted octanol–water partition coefficient (Wildman–Crippen LogP) is 3.04. The first kappa shape index (κ1) is 12.3. The molecule has 0 saturated heterocycles. The van der Waals surface area contributed by atoms with E-state index in [1.807, 2.05) is 11.8 Å². The second kappa shape index (κ2) is 7.93. The zero-order valence-corrected chi connectivity index (χ0v) is 9.49. The molecule has 1 unspecified atom stereocenters. The molecule has 0 rings (SSSR count). The van der Waals surface area contributed by atoms with Crippen LogP contribution >= 0.6 is 11.8 Å². The fourth-order valence-corrected chi connectivity index (χ4v) is 1.85. The largest absolute Gasteiger partial charge is 0.327 e. The first-order valence-electron chi connectivity index (χ1n) is 5.04. The molecule has 0 spiro atoms. The summed E-state index contributed by atoms with van der Waals surface area (Å²) in [5.74, 6) is 1.13. The molecule has 0 aliphatic heterocycles. The van der Waals surface area contributed by atoms with Crippen LogP contribution in [0.5, 0.6) is 0 Å². The Kier molecular flexibility index (Phi) is 8.14. The highest BCUT2D eigenvalue weighted by Crippen LogP contribution is 2.12. The molecule has 0 heterocycles. The van der Waals surface area contributed by atoms with E-state index in [0.29, 0.717) is 6.04 Å². The molecule has 12 heavy (non-hydrogen) atoms. The summed E-state index contributed by atoms with van der Waals surface area (Å²) >= 11 is 1.97. The molecule has 0 amide bonds. The van der Waals surface area contributed by atoms with Gasteiger partial charge >= 0.3 is 0 Å². The fourth-order valence-electron chi connectivity index (χ4n) is 1.06. The van der Waals surface area contributed by atoms with Gasteiger partial charge in [-0.1, -0.05) is 40.0 Å². The van der Waals surface area contributed by atoms with Crippen LogP contribution in [0.3, 0.4) is 0 Å². The van der Waals surface area contributed by atoms with E-state index in [9.17, 15) is 0 Å². The van der Waals surface area contributed by atoms with Crippen LogP contribution in [-0.2, 0) is 0 Å². The van der Waals surface area contributed by atoms with Crippen molar-refractivity contribution in [2.75, 3.05) is 5.75 Å². The smallest absolute Gasteiger partial charge is 0.0130 e. The van der Waals surface area contributed by atoms with Crippen molar-refractivity contribution >= 4 is 11.8 Å². The Morgan fingerprint density at radius 3 is 2.42 bits per heavy atom. The standard InChI is InChI=1S/C10H23NS/c1-4-5-6-7-10(11)8-12-9(2)3/h9-10H,4-8,11H2,1-3H3. The summed E-state index contributed by atoms with van der Waals surface area (Å²) in [7, 11) is 0. The van der Waals surface area contributed by atoms with Crippen molar-refractivity contribution in [1.29, 1.82) is 0 Å². The highest BCUT2D eigenvalue weighted by atomic mass is 32.2. The second-order valence-electron chi connectivity index (χ2n) is 3.64. The van der Waals surface area contributed by atoms with Gasteiger partial charge in [0, 0.05) is 11.8 Å². The minimum atomic E-state index is 0.420. The summed E-state index contributed by atoms with van der Waals surface area (Å²) in [5, 5.41) is 0.724. The van der Waals surface area contributed by atoms with Crippen LogP contribution in [-0.4, -0.2) is 17.0 Å². The third kappa shape index (κ3) is 8.41. The summed E-state index contributed by atoms with van der Waals surface area (Å²) in [5.41, 5.74) is 5.94. The van der Waals surface area contributed by atoms with Gasteiger partial charge in [-0.15, -0.1) is 0 Å². The molecular weight excluding hydrogens is 166 g/mol. The Balaban J connectivity index is 3.15. The first-order chi connectivity index (χ1) is 5.66. The lowest BCUT2D eigenvalue weighted by molar-refractivity contribution is 0.596. The Bertz CT molecular complexity index is 93.8. The molecular formula is C10H23NS. The van der Waals surface area contributed by atoms with Gasteiger partial charge < -0.3 is 5.73 Å². The van der Waals surface area contributed by atoms with E-state index >= 15 is 0 Å². The average molecular weight is 189 g/mol. The number of hydrogen-bond acceptors (Lipinski definition) is 2. The highest BCUT2D eigenvalue weighted by Gasteiger charge is 2.03. The van der Waals surface area contributed by atoms with Gasteiger partial charge in [0.1, 0.15) is 0 Å². The molecule has 0 bridgehead atoms. The zero-order valence-electron chi connectivity index (χ0n) is 8.68. The van der Waals surface area contributed by atoms with E-state index in [0.717, 1.165) is 11.0 Å². The molecule has 2 heteroatoms. The third-order valence-corrected chi connectivity index (χ3v) is 3.11. The summed E-state index contributed by atoms with van der Waals surface area (Å²) in [4.78, 5) is 0. The second-order valence-corrected chi connectivity index (χ2v) is 5.25. The quantitative estimate of drug-likeness (QED) is 0.623. The molecule has 0 radical (unpaired) electrons. The zero-order chi connectivity index (χ0) is 9.40. The lowest BCUT2D eigenvalue weighted by Gasteiger charge is -2.12. The number of unbranched alkanes of at least 4 members (excludes halogenated alkanes) is 2. The predicted molar refractivity (Wildman–Crippen MR) is 59.7 cm³/mol. The number of thioether (sulfide) groups is 1. The van der Waals surface area contributed by atoms with Crippen molar-refractivity contribution in [3.05, 3.63) is 0 Å². The first-order valence-corrected chi connectivity index (χ1v) is 6.08. The van der Waals surface area contributed by atoms with Crippen LogP contribution in [0.25, 0.3) is 0 Å². The van der Waals surface area contributed by atoms with Crippen molar-refractivity contribution in [1.82, 2.24) is 0 Å². The van der Waals surface area contributed by atoms with Crippen LogP contribution in [0, 0.1) is 0 Å². The molecule has 0 saturated carbocycles. The molecule has 0 aromatic rings. The van der Waals surface area contributed by atoms with Crippen LogP contribution in [0.15, 0.2) is 0 Å². The minimum absolute atomic E-state index is 0.420. The molecule has 0 aliphatic carbocycles. The molecule has 74 valence electrons. The number of nitrogens with two attached hydrogens (primary N) is 1. The molecule has 2 N–H and O–H groups in total. The summed E-state index contributed by atoms with van der Waals surface area (Å²) in [6, 6.07) is 0.420. The van der Waals surface area contributed by atoms with Crippen molar-refractivity contribution in [2.24, 2.45) is 5.73 Å². The average Bonchev–Trinajstić information content (AvgIpc) is 2.01. The van der Waals surface area contributed by atoms with Gasteiger partial charge in [-0.3, -0.25) is 0 Å². The lowest BCUT2D eigenvalue weighted by atomic mass is 10.1. The summed E-state index contributed by atoms with van der Waals surface area (Å²) in [6.07, 6.45) is 5.13. The van der Waals surface area contributed by atoms with Crippen molar-refractivity contribution in [2.45, 2.75) is 57.7 Å². The van der Waals surface area contributed by atoms with Gasteiger partial charge in [0.25, 0.3) is 0 Å². The van der Waals surface area contributed by atoms with E-state index in [4.69, 9.17) is 5.73 Å². The summed E-state index contributed by atoms with van der Waals surface area (Å²) in [6.45, 7) is 6.68. The maximum atomic E-state index is 5.94. The van der Waals surface area contributed by atoms with E-state index in [-0.39, 0.29) is 0 Å². The third-order valence-electron chi connectivity index (χ3n) is 1.82. The van der Waals surface area contributed by atoms with Gasteiger partial charge in [0.05, 0.1) is 0 Å². The molecule has 0 aliphatic rings. The highest BCUT2D eigenvalue weighted by molar-refractivity contribution is 7.99. The van der Waals surface area contributed by atoms with E-state index < -0.39 is 0 Å². The van der Waals surface area contributed by atoms with Crippen molar-refractivity contribution in [3.63, 3.8) is 0 Å². The maximum Gasteiger partial charge on any atom is 0.0130 e. The number of rotatable bonds is 7. The Labute approximate surface area is 81.5 Å². The lowest BCUT2D eigenvalue weighted by Crippen LogP contribution is -2.23. The van der Waals surface area contributed by atoms with Crippen molar-refractivity contribution in [3.8, 4) is 0 Å². The van der Waals surface area contributed by atoms with Gasteiger partial charge in [0.15, 0.2) is 0 Å². The van der Waals surface area contributed by atoms with E-state index in [2.05, 4.69) is 20.8 Å². The van der Waals surface area contributed by atoms with Crippen LogP contribution in [0.2, 0.25) is 0 Å². The van der Waals surface area contributed by atoms with Gasteiger partial charge in [-0.05, 0) is 11.7 Å². The topological polar surface area (TPSA) is 26.0 Å². The van der Waals surface area contributed by atoms with Gasteiger partial charge in [-0.2, -0.15) is 11.8 Å². The molecule has 0 aromatic heterocycles. The Morgan fingerprint density at radius 1 is 1.25 bits per heavy atom. The summed E-state index contributed by atoms with van der Waals surface area (Å²) < 4.78 is 0. The normalized spacial score (nSPS) is 13.8. The fraction of sp³-hybridized carbons (Fsp3) is 1.00. The maximum absolute atomic E-state index is 5.94. The van der Waals surface area contributed by atoms with Gasteiger partial charge in [-0.25, -0.2) is 0 Å². The molecule has 0 fully saturated rings. The van der Waals surface area contributed by atoms with Gasteiger partial charge in [0.2, 0.25) is 0 Å². The SMILES string of the molecule is CCCCCC(N)CSC(C)C. The monoisotopic (exact) mass is 189 g/mol. The minimum Gasteiger partial charge on any atom is -0.327 e. The van der Waals surface area contributed by atoms with E-state index in [1.165, 1.54) is 25.7 Å². The Morgan fingerprint density at radius 2 is 1.92 bits per heavy atom. The molecule has 0 aromatic carbocycles. The van der Waals surface area contributed by atoms with Crippen molar-refractivity contribution < 1.29 is 0 Å². The molecule has 1 atom stereocenters. The van der Waals surface area contributed by atoms with Crippen LogP contribution in [0.4, 0.5) is 0 Å². The van der Waals surface area contributed by atoms with Crippen LogP contribution < -0.4 is 5.73 Å². The van der Waals surface area contributed by atoms with Crippen LogP contribution in [0.1, 0.15) is 46.5 Å². The molecule has 1 nitrogen and oxygen atoms in total. The van der Waals surface area contributed by atoms with E-state index in [1.54, 1.807) is 0 Å².